The molecule has 6 heteroatoms. The van der Waals surface area contributed by atoms with E-state index in [-0.39, 0.29) is 19.3 Å². The molecule has 1 aliphatic heterocycles. The number of ether oxygens (including phenoxy) is 1. The molecule has 0 N–H and O–H groups in total. The molecule has 1 heterocycles. The van der Waals surface area contributed by atoms with Gasteiger partial charge >= 0.3 is 0 Å². The molecule has 21 heavy (non-hydrogen) atoms. The molecular formula is C15H30O5P-. The number of hydrogen-bond acceptors (Lipinski definition) is 5. The average molecular weight is 321 g/mol. The molecule has 0 radical (unpaired) electrons. The predicted molar refractivity (Wildman–Crippen MR) is 81.1 cm³/mol. The van der Waals surface area contributed by atoms with E-state index in [0.717, 1.165) is 19.3 Å². The zero-order valence-electron chi connectivity index (χ0n) is 13.3. The lowest BCUT2D eigenvalue weighted by Crippen LogP contribution is -2.12. The quantitative estimate of drug-likeness (QED) is 0.260. The van der Waals surface area contributed by atoms with E-state index in [0.29, 0.717) is 6.61 Å². The highest BCUT2D eigenvalue weighted by molar-refractivity contribution is 7.45. The van der Waals surface area contributed by atoms with Crippen LogP contribution in [0.1, 0.15) is 71.1 Å². The maximum atomic E-state index is 11.4. The molecule has 0 aromatic rings. The summed E-state index contributed by atoms with van der Waals surface area (Å²) >= 11 is 0. The van der Waals surface area contributed by atoms with E-state index in [1.54, 1.807) is 0 Å². The molecule has 0 aromatic carbocycles. The van der Waals surface area contributed by atoms with Crippen molar-refractivity contribution in [3.63, 3.8) is 0 Å². The van der Waals surface area contributed by atoms with Crippen molar-refractivity contribution in [2.45, 2.75) is 77.2 Å². The number of phosphoric ester groups is 1. The molecule has 1 aliphatic rings. The lowest BCUT2D eigenvalue weighted by Gasteiger charge is -2.22. The van der Waals surface area contributed by atoms with E-state index in [1.807, 2.05) is 0 Å². The van der Waals surface area contributed by atoms with Crippen LogP contribution >= 0.6 is 7.82 Å². The minimum absolute atomic E-state index is 0.0619. The average Bonchev–Trinajstić information content (AvgIpc) is 3.27. The van der Waals surface area contributed by atoms with Crippen LogP contribution in [0.25, 0.3) is 0 Å². The number of phosphoric acid groups is 1. The highest BCUT2D eigenvalue weighted by Gasteiger charge is 2.24. The lowest BCUT2D eigenvalue weighted by molar-refractivity contribution is -0.225. The minimum Gasteiger partial charge on any atom is -0.756 e. The van der Waals surface area contributed by atoms with Crippen molar-refractivity contribution in [1.82, 2.24) is 0 Å². The first-order chi connectivity index (χ1) is 10.1. The van der Waals surface area contributed by atoms with Crippen molar-refractivity contribution in [1.29, 1.82) is 0 Å². The second-order valence-electron chi connectivity index (χ2n) is 5.71. The number of epoxide rings is 1. The molecule has 1 rings (SSSR count). The Kier molecular flexibility index (Phi) is 10.6. The van der Waals surface area contributed by atoms with Crippen LogP contribution in [-0.4, -0.2) is 25.9 Å². The van der Waals surface area contributed by atoms with Crippen molar-refractivity contribution in [2.75, 3.05) is 19.8 Å². The summed E-state index contributed by atoms with van der Waals surface area (Å²) in [5.74, 6) is 0. The van der Waals surface area contributed by atoms with Crippen molar-refractivity contribution in [3.05, 3.63) is 0 Å². The van der Waals surface area contributed by atoms with Gasteiger partial charge in [0.25, 0.3) is 7.82 Å². The van der Waals surface area contributed by atoms with Gasteiger partial charge in [0.05, 0.1) is 19.8 Å². The number of rotatable bonds is 15. The minimum atomic E-state index is -4.11. The van der Waals surface area contributed by atoms with E-state index >= 15 is 0 Å². The van der Waals surface area contributed by atoms with Crippen LogP contribution < -0.4 is 4.89 Å². The fourth-order valence-corrected chi connectivity index (χ4v) is 2.92. The first kappa shape index (κ1) is 19.1. The Balaban J connectivity index is 1.79. The summed E-state index contributed by atoms with van der Waals surface area (Å²) < 4.78 is 25.7. The predicted octanol–water partition coefficient (Wildman–Crippen LogP) is 3.81. The first-order valence-corrected chi connectivity index (χ1v) is 9.82. The summed E-state index contributed by atoms with van der Waals surface area (Å²) in [7, 11) is -4.11. The SMILES string of the molecule is CCCCCCCCCCCCOP(=O)([O-])OCC1CO1. The van der Waals surface area contributed by atoms with Gasteiger partial charge in [-0.25, -0.2) is 0 Å². The monoisotopic (exact) mass is 321 g/mol. The van der Waals surface area contributed by atoms with Gasteiger partial charge in [-0.05, 0) is 6.42 Å². The Morgan fingerprint density at radius 1 is 1.00 bits per heavy atom. The smallest absolute Gasteiger partial charge is 0.267 e. The third-order valence-electron chi connectivity index (χ3n) is 3.57. The second kappa shape index (κ2) is 11.6. The molecule has 2 unspecified atom stereocenters. The van der Waals surface area contributed by atoms with E-state index in [1.165, 1.54) is 44.9 Å². The van der Waals surface area contributed by atoms with E-state index in [9.17, 15) is 9.46 Å². The van der Waals surface area contributed by atoms with Gasteiger partial charge in [0.15, 0.2) is 0 Å². The normalized spacial score (nSPS) is 20.4. The van der Waals surface area contributed by atoms with Crippen molar-refractivity contribution >= 4 is 7.82 Å². The molecule has 1 fully saturated rings. The van der Waals surface area contributed by atoms with Crippen LogP contribution in [0.3, 0.4) is 0 Å². The van der Waals surface area contributed by atoms with Crippen molar-refractivity contribution in [2.24, 2.45) is 0 Å². The standard InChI is InChI=1S/C15H31O5P/c1-2-3-4-5-6-7-8-9-10-11-12-19-21(16,17)20-14-15-13-18-15/h15H,2-14H2,1H3,(H,16,17)/p-1. The molecule has 2 atom stereocenters. The molecule has 0 spiro atoms. The lowest BCUT2D eigenvalue weighted by atomic mass is 10.1. The Morgan fingerprint density at radius 3 is 2.05 bits per heavy atom. The van der Waals surface area contributed by atoms with E-state index < -0.39 is 7.82 Å². The fourth-order valence-electron chi connectivity index (χ4n) is 2.14. The Morgan fingerprint density at radius 2 is 1.52 bits per heavy atom. The highest BCUT2D eigenvalue weighted by Crippen LogP contribution is 2.39. The molecule has 0 bridgehead atoms. The van der Waals surface area contributed by atoms with E-state index in [2.05, 4.69) is 6.92 Å². The van der Waals surface area contributed by atoms with Crippen molar-refractivity contribution < 1.29 is 23.2 Å². The van der Waals surface area contributed by atoms with Gasteiger partial charge in [0.1, 0.15) is 6.10 Å². The topological polar surface area (TPSA) is 71.1 Å². The van der Waals surface area contributed by atoms with Gasteiger partial charge in [0.2, 0.25) is 0 Å². The zero-order valence-corrected chi connectivity index (χ0v) is 14.2. The van der Waals surface area contributed by atoms with Crippen LogP contribution in [0.4, 0.5) is 0 Å². The Hall–Kier alpha value is 0.0700. The molecular weight excluding hydrogens is 291 g/mol. The molecule has 0 aliphatic carbocycles. The number of hydrogen-bond donors (Lipinski definition) is 0. The van der Waals surface area contributed by atoms with Crippen LogP contribution in [0.5, 0.6) is 0 Å². The van der Waals surface area contributed by atoms with Crippen LogP contribution in [0.15, 0.2) is 0 Å². The molecule has 0 aromatic heterocycles. The molecule has 0 amide bonds. The second-order valence-corrected chi connectivity index (χ2v) is 7.12. The summed E-state index contributed by atoms with van der Waals surface area (Å²) in [4.78, 5) is 11.4. The van der Waals surface area contributed by atoms with Crippen molar-refractivity contribution in [3.8, 4) is 0 Å². The molecule has 5 nitrogen and oxygen atoms in total. The van der Waals surface area contributed by atoms with Gasteiger partial charge in [-0.2, -0.15) is 0 Å². The summed E-state index contributed by atoms with van der Waals surface area (Å²) in [6.07, 6.45) is 12.1. The van der Waals surface area contributed by atoms with Crippen LogP contribution in [-0.2, 0) is 18.3 Å². The summed E-state index contributed by atoms with van der Waals surface area (Å²) in [6.45, 7) is 3.12. The van der Waals surface area contributed by atoms with Gasteiger partial charge in [-0.15, -0.1) is 0 Å². The van der Waals surface area contributed by atoms with Gasteiger partial charge < -0.3 is 18.7 Å². The number of unbranched alkanes of at least 4 members (excludes halogenated alkanes) is 9. The van der Waals surface area contributed by atoms with Crippen LogP contribution in [0.2, 0.25) is 0 Å². The van der Waals surface area contributed by atoms with E-state index in [4.69, 9.17) is 13.8 Å². The maximum Gasteiger partial charge on any atom is 0.267 e. The Bertz CT molecular complexity index is 294. The molecule has 0 saturated carbocycles. The third-order valence-corrected chi connectivity index (χ3v) is 4.53. The fraction of sp³-hybridized carbons (Fsp3) is 1.00. The van der Waals surface area contributed by atoms with Gasteiger partial charge in [-0.3, -0.25) is 4.57 Å². The third kappa shape index (κ3) is 12.3. The van der Waals surface area contributed by atoms with Crippen LogP contribution in [0, 0.1) is 0 Å². The summed E-state index contributed by atoms with van der Waals surface area (Å²) in [5.41, 5.74) is 0. The first-order valence-electron chi connectivity index (χ1n) is 8.36. The Labute approximate surface area is 129 Å². The maximum absolute atomic E-state index is 11.4. The highest BCUT2D eigenvalue weighted by atomic mass is 31.2. The molecule has 1 saturated heterocycles. The largest absolute Gasteiger partial charge is 0.756 e. The summed E-state index contributed by atoms with van der Waals surface area (Å²) in [6, 6.07) is 0. The summed E-state index contributed by atoms with van der Waals surface area (Å²) in [5, 5.41) is 0. The zero-order chi connectivity index (χ0) is 15.4. The molecule has 126 valence electrons. The van der Waals surface area contributed by atoms with Gasteiger partial charge in [0, 0.05) is 0 Å². The van der Waals surface area contributed by atoms with Gasteiger partial charge in [-0.1, -0.05) is 64.7 Å².